The average molecular weight is 499 g/mol. The van der Waals surface area contributed by atoms with E-state index in [0.29, 0.717) is 12.4 Å². The zero-order chi connectivity index (χ0) is 22.9. The zero-order valence-corrected chi connectivity index (χ0v) is 19.5. The maximum atomic E-state index is 13.1. The van der Waals surface area contributed by atoms with Crippen molar-refractivity contribution >= 4 is 28.1 Å². The van der Waals surface area contributed by atoms with Crippen LogP contribution in [0.15, 0.2) is 119 Å². The Kier molecular flexibility index (Phi) is 7.67. The van der Waals surface area contributed by atoms with Gasteiger partial charge in [-0.05, 0) is 41.0 Å². The Morgan fingerprint density at radius 3 is 2.03 bits per heavy atom. The minimum absolute atomic E-state index is 0.197. The van der Waals surface area contributed by atoms with Gasteiger partial charge in [0.1, 0.15) is 12.4 Å². The summed E-state index contributed by atoms with van der Waals surface area (Å²) in [5.41, 5.74) is 6.37. The zero-order valence-electron chi connectivity index (χ0n) is 17.9. The van der Waals surface area contributed by atoms with E-state index >= 15 is 0 Å². The summed E-state index contributed by atoms with van der Waals surface area (Å²) >= 11 is 3.44. The van der Waals surface area contributed by atoms with E-state index in [0.717, 1.165) is 26.7 Å². The Balaban J connectivity index is 1.47. The molecule has 0 bridgehead atoms. The lowest BCUT2D eigenvalue weighted by Crippen LogP contribution is -2.26. The Labute approximate surface area is 202 Å². The van der Waals surface area contributed by atoms with E-state index in [1.54, 1.807) is 6.21 Å². The van der Waals surface area contributed by atoms with Gasteiger partial charge in [-0.1, -0.05) is 101 Å². The second kappa shape index (κ2) is 11.2. The van der Waals surface area contributed by atoms with E-state index in [1.807, 2.05) is 109 Å². The first kappa shape index (κ1) is 22.5. The maximum absolute atomic E-state index is 13.1. The maximum Gasteiger partial charge on any atom is 0.252 e. The summed E-state index contributed by atoms with van der Waals surface area (Å²) in [5.74, 6) is 0.0476. The molecule has 0 aliphatic rings. The number of para-hydroxylation sites is 1. The fourth-order valence-corrected chi connectivity index (χ4v) is 3.74. The number of hydrogen-bond acceptors (Lipinski definition) is 3. The third kappa shape index (κ3) is 6.18. The van der Waals surface area contributed by atoms with Gasteiger partial charge in [0.25, 0.3) is 5.91 Å². The normalized spacial score (nSPS) is 11.0. The van der Waals surface area contributed by atoms with Crippen LogP contribution in [0.2, 0.25) is 0 Å². The Bertz CT molecular complexity index is 1170. The van der Waals surface area contributed by atoms with Gasteiger partial charge < -0.3 is 4.74 Å². The molecule has 0 fully saturated rings. The van der Waals surface area contributed by atoms with Crippen molar-refractivity contribution in [3.63, 3.8) is 0 Å². The lowest BCUT2D eigenvalue weighted by Gasteiger charge is -2.16. The van der Waals surface area contributed by atoms with Gasteiger partial charge in [0.15, 0.2) is 0 Å². The van der Waals surface area contributed by atoms with Crippen molar-refractivity contribution < 1.29 is 9.53 Å². The van der Waals surface area contributed by atoms with Gasteiger partial charge >= 0.3 is 0 Å². The van der Waals surface area contributed by atoms with Crippen molar-refractivity contribution in [3.05, 3.63) is 136 Å². The van der Waals surface area contributed by atoms with Crippen LogP contribution in [0.1, 0.15) is 28.2 Å². The van der Waals surface area contributed by atoms with Gasteiger partial charge in [0, 0.05) is 10.0 Å². The molecule has 4 aromatic carbocycles. The van der Waals surface area contributed by atoms with E-state index in [2.05, 4.69) is 26.5 Å². The predicted molar refractivity (Wildman–Crippen MR) is 135 cm³/mol. The van der Waals surface area contributed by atoms with Gasteiger partial charge in [0.2, 0.25) is 0 Å². The fraction of sp³-hybridized carbons (Fsp3) is 0.0714. The number of nitrogens with zero attached hydrogens (tertiary/aromatic N) is 1. The number of carbonyl (C=O) groups is 1. The summed E-state index contributed by atoms with van der Waals surface area (Å²) in [6, 6.07) is 35.0. The highest BCUT2D eigenvalue weighted by Gasteiger charge is 2.22. The highest BCUT2D eigenvalue weighted by molar-refractivity contribution is 9.10. The molecule has 4 rings (SSSR count). The van der Waals surface area contributed by atoms with Crippen LogP contribution >= 0.6 is 15.9 Å². The molecule has 0 aliphatic carbocycles. The highest BCUT2D eigenvalue weighted by Crippen LogP contribution is 2.25. The minimum Gasteiger partial charge on any atom is -0.488 e. The molecule has 0 saturated carbocycles. The van der Waals surface area contributed by atoms with E-state index in [1.165, 1.54) is 0 Å². The molecule has 1 N–H and O–H groups in total. The number of benzene rings is 4. The van der Waals surface area contributed by atoms with Crippen molar-refractivity contribution in [1.82, 2.24) is 5.43 Å². The van der Waals surface area contributed by atoms with Crippen molar-refractivity contribution in [3.8, 4) is 5.75 Å². The number of amides is 1. The number of nitrogens with one attached hydrogen (secondary N) is 1. The van der Waals surface area contributed by atoms with Crippen LogP contribution in [0.25, 0.3) is 0 Å². The third-order valence-corrected chi connectivity index (χ3v) is 5.66. The second-order valence-electron chi connectivity index (χ2n) is 7.44. The molecular formula is C28H23BrN2O2. The lowest BCUT2D eigenvalue weighted by atomic mass is 9.91. The van der Waals surface area contributed by atoms with E-state index in [-0.39, 0.29) is 5.91 Å². The first-order chi connectivity index (χ1) is 16.2. The fourth-order valence-electron chi connectivity index (χ4n) is 3.48. The van der Waals surface area contributed by atoms with Gasteiger partial charge in [-0.15, -0.1) is 0 Å². The summed E-state index contributed by atoms with van der Waals surface area (Å²) in [6.07, 6.45) is 1.61. The number of ether oxygens (including phenoxy) is 1. The number of carbonyl (C=O) groups excluding carboxylic acids is 1. The molecule has 0 spiro atoms. The molecule has 33 heavy (non-hydrogen) atoms. The van der Waals surface area contributed by atoms with Crippen molar-refractivity contribution in [2.24, 2.45) is 5.10 Å². The van der Waals surface area contributed by atoms with Gasteiger partial charge in [0.05, 0.1) is 12.1 Å². The van der Waals surface area contributed by atoms with Gasteiger partial charge in [-0.3, -0.25) is 4.79 Å². The summed E-state index contributed by atoms with van der Waals surface area (Å²) in [5, 5.41) is 4.23. The highest BCUT2D eigenvalue weighted by atomic mass is 79.9. The van der Waals surface area contributed by atoms with Crippen LogP contribution in [0.5, 0.6) is 5.75 Å². The second-order valence-corrected chi connectivity index (χ2v) is 8.36. The molecular weight excluding hydrogens is 476 g/mol. The van der Waals surface area contributed by atoms with E-state index in [4.69, 9.17) is 4.74 Å². The Hall–Kier alpha value is -3.70. The van der Waals surface area contributed by atoms with Gasteiger partial charge in [-0.25, -0.2) is 5.43 Å². The number of rotatable bonds is 8. The SMILES string of the molecule is O=C(N/N=C/c1ccccc1OCc1ccc(Br)cc1)C(c1ccccc1)c1ccccc1. The first-order valence-electron chi connectivity index (χ1n) is 10.6. The molecule has 0 saturated heterocycles. The summed E-state index contributed by atoms with van der Waals surface area (Å²) in [7, 11) is 0. The van der Waals surface area contributed by atoms with E-state index in [9.17, 15) is 4.79 Å². The van der Waals surface area contributed by atoms with Gasteiger partial charge in [-0.2, -0.15) is 5.10 Å². The Morgan fingerprint density at radius 2 is 1.39 bits per heavy atom. The molecule has 5 heteroatoms. The molecule has 0 aromatic heterocycles. The van der Waals surface area contributed by atoms with Crippen molar-refractivity contribution in [2.75, 3.05) is 0 Å². The lowest BCUT2D eigenvalue weighted by molar-refractivity contribution is -0.121. The molecule has 4 nitrogen and oxygen atoms in total. The molecule has 0 atom stereocenters. The molecule has 164 valence electrons. The van der Waals surface area contributed by atoms with Crippen LogP contribution in [0, 0.1) is 0 Å². The molecule has 0 heterocycles. The Morgan fingerprint density at radius 1 is 0.818 bits per heavy atom. The van der Waals surface area contributed by atoms with Crippen molar-refractivity contribution in [2.45, 2.75) is 12.5 Å². The van der Waals surface area contributed by atoms with Crippen molar-refractivity contribution in [1.29, 1.82) is 0 Å². The van der Waals surface area contributed by atoms with Crippen LogP contribution in [-0.4, -0.2) is 12.1 Å². The molecule has 4 aromatic rings. The first-order valence-corrected chi connectivity index (χ1v) is 11.4. The summed E-state index contributed by atoms with van der Waals surface area (Å²) in [6.45, 7) is 0.439. The molecule has 0 unspecified atom stereocenters. The third-order valence-electron chi connectivity index (χ3n) is 5.13. The number of hydrazone groups is 1. The predicted octanol–water partition coefficient (Wildman–Crippen LogP) is 6.31. The summed E-state index contributed by atoms with van der Waals surface area (Å²) in [4.78, 5) is 13.1. The monoisotopic (exact) mass is 498 g/mol. The largest absolute Gasteiger partial charge is 0.488 e. The topological polar surface area (TPSA) is 50.7 Å². The smallest absolute Gasteiger partial charge is 0.252 e. The van der Waals surface area contributed by atoms with Crippen LogP contribution in [0.4, 0.5) is 0 Å². The van der Waals surface area contributed by atoms with Crippen LogP contribution in [0.3, 0.4) is 0 Å². The number of halogens is 1. The quantitative estimate of drug-likeness (QED) is 0.228. The summed E-state index contributed by atoms with van der Waals surface area (Å²) < 4.78 is 7.01. The standard InChI is InChI=1S/C28H23BrN2O2/c29-25-17-15-21(16-18-25)20-33-26-14-8-7-13-24(26)19-30-31-28(32)27(22-9-3-1-4-10-22)23-11-5-2-6-12-23/h1-19,27H,20H2,(H,31,32)/b30-19+. The molecule has 0 radical (unpaired) electrons. The average Bonchev–Trinajstić information content (AvgIpc) is 2.86. The molecule has 0 aliphatic heterocycles. The van der Waals surface area contributed by atoms with Crippen LogP contribution < -0.4 is 10.2 Å². The number of hydrogen-bond donors (Lipinski definition) is 1. The minimum atomic E-state index is -0.451. The van der Waals surface area contributed by atoms with Crippen LogP contribution in [-0.2, 0) is 11.4 Å². The molecule has 1 amide bonds. The van der Waals surface area contributed by atoms with E-state index < -0.39 is 5.92 Å².